The molecule has 0 amide bonds. The second-order valence-corrected chi connectivity index (χ2v) is 6.30. The third-order valence-electron chi connectivity index (χ3n) is 4.37. The number of hydrogen-bond acceptors (Lipinski definition) is 5. The Labute approximate surface area is 141 Å². The van der Waals surface area contributed by atoms with Gasteiger partial charge in [0.2, 0.25) is 0 Å². The van der Waals surface area contributed by atoms with Crippen molar-refractivity contribution in [1.82, 2.24) is 5.16 Å². The first-order valence-corrected chi connectivity index (χ1v) is 8.47. The summed E-state index contributed by atoms with van der Waals surface area (Å²) < 4.78 is 16.2. The van der Waals surface area contributed by atoms with Crippen LogP contribution in [0.5, 0.6) is 5.75 Å². The van der Waals surface area contributed by atoms with Gasteiger partial charge >= 0.3 is 0 Å². The van der Waals surface area contributed by atoms with Crippen LogP contribution in [0.4, 0.5) is 0 Å². The zero-order chi connectivity index (χ0) is 16.8. The average molecular weight is 329 g/mol. The number of aromatic nitrogens is 1. The first-order valence-electron chi connectivity index (χ1n) is 8.47. The summed E-state index contributed by atoms with van der Waals surface area (Å²) in [6, 6.07) is 9.47. The van der Waals surface area contributed by atoms with Gasteiger partial charge in [-0.25, -0.2) is 0 Å². The topological polar surface area (TPSA) is 61.6 Å². The quantitative estimate of drug-likeness (QED) is 0.720. The van der Waals surface area contributed by atoms with Gasteiger partial charge in [0.05, 0.1) is 0 Å². The number of ketones is 1. The molecule has 0 aliphatic carbocycles. The van der Waals surface area contributed by atoms with E-state index in [-0.39, 0.29) is 12.4 Å². The lowest BCUT2D eigenvalue weighted by atomic mass is 9.93. The van der Waals surface area contributed by atoms with Gasteiger partial charge < -0.3 is 14.0 Å². The van der Waals surface area contributed by atoms with Crippen molar-refractivity contribution >= 4 is 5.78 Å². The van der Waals surface area contributed by atoms with E-state index in [4.69, 9.17) is 14.0 Å². The molecule has 0 unspecified atom stereocenters. The molecule has 0 spiro atoms. The maximum atomic E-state index is 12.2. The number of nitrogens with zero attached hydrogens (tertiary/aromatic N) is 1. The molecule has 1 saturated heterocycles. The molecule has 128 valence electrons. The number of carbonyl (C=O) groups excluding carboxylic acids is 1. The van der Waals surface area contributed by atoms with Crippen molar-refractivity contribution in [2.75, 3.05) is 13.2 Å². The monoisotopic (exact) mass is 329 g/mol. The standard InChI is InChI=1S/C19H23NO4/c1-14-2-5-16(6-3-14)23-13-17-12-18(20-24-17)19(21)7-4-15-8-10-22-11-9-15/h2-3,5-6,12,15H,4,7-11,13H2,1H3. The number of ether oxygens (including phenoxy) is 2. The zero-order valence-electron chi connectivity index (χ0n) is 14.0. The van der Waals surface area contributed by atoms with Crippen LogP contribution in [-0.2, 0) is 11.3 Å². The highest BCUT2D eigenvalue weighted by Crippen LogP contribution is 2.21. The van der Waals surface area contributed by atoms with E-state index in [0.29, 0.717) is 23.8 Å². The van der Waals surface area contributed by atoms with Crippen LogP contribution in [-0.4, -0.2) is 24.2 Å². The Hall–Kier alpha value is -2.14. The van der Waals surface area contributed by atoms with Crippen molar-refractivity contribution in [2.24, 2.45) is 5.92 Å². The molecule has 0 bridgehead atoms. The van der Waals surface area contributed by atoms with Gasteiger partial charge in [-0.3, -0.25) is 4.79 Å². The molecule has 1 aromatic carbocycles. The van der Waals surface area contributed by atoms with E-state index < -0.39 is 0 Å². The van der Waals surface area contributed by atoms with Crippen LogP contribution in [0.2, 0.25) is 0 Å². The minimum Gasteiger partial charge on any atom is -0.486 e. The van der Waals surface area contributed by atoms with Crippen LogP contribution in [0, 0.1) is 12.8 Å². The van der Waals surface area contributed by atoms with Crippen LogP contribution in [0.3, 0.4) is 0 Å². The van der Waals surface area contributed by atoms with Crippen LogP contribution in [0.15, 0.2) is 34.9 Å². The molecule has 0 saturated carbocycles. The normalized spacial score (nSPS) is 15.4. The predicted octanol–water partition coefficient (Wildman–Crippen LogP) is 3.95. The van der Waals surface area contributed by atoms with E-state index in [9.17, 15) is 4.79 Å². The van der Waals surface area contributed by atoms with E-state index >= 15 is 0 Å². The van der Waals surface area contributed by atoms with Crippen LogP contribution < -0.4 is 4.74 Å². The number of carbonyl (C=O) groups is 1. The predicted molar refractivity (Wildman–Crippen MR) is 89.1 cm³/mol. The largest absolute Gasteiger partial charge is 0.486 e. The van der Waals surface area contributed by atoms with Crippen molar-refractivity contribution in [3.05, 3.63) is 47.3 Å². The lowest BCUT2D eigenvalue weighted by Gasteiger charge is -2.21. The lowest BCUT2D eigenvalue weighted by molar-refractivity contribution is 0.0618. The maximum Gasteiger partial charge on any atom is 0.184 e. The van der Waals surface area contributed by atoms with E-state index in [0.717, 1.165) is 38.2 Å². The molecule has 1 aliphatic heterocycles. The fraction of sp³-hybridized carbons (Fsp3) is 0.474. The Morgan fingerprint density at radius 3 is 2.75 bits per heavy atom. The molecule has 2 heterocycles. The molecule has 24 heavy (non-hydrogen) atoms. The summed E-state index contributed by atoms with van der Waals surface area (Å²) in [5.74, 6) is 1.94. The smallest absolute Gasteiger partial charge is 0.184 e. The van der Waals surface area contributed by atoms with E-state index in [1.807, 2.05) is 31.2 Å². The molecule has 5 heteroatoms. The minimum atomic E-state index is 0.0341. The Morgan fingerprint density at radius 2 is 2.00 bits per heavy atom. The van der Waals surface area contributed by atoms with Gasteiger partial charge in [0.15, 0.2) is 11.5 Å². The van der Waals surface area contributed by atoms with E-state index in [1.165, 1.54) is 5.56 Å². The van der Waals surface area contributed by atoms with Gasteiger partial charge in [-0.05, 0) is 44.2 Å². The summed E-state index contributed by atoms with van der Waals surface area (Å²) >= 11 is 0. The molecule has 2 aromatic rings. The van der Waals surface area contributed by atoms with Crippen molar-refractivity contribution in [3.63, 3.8) is 0 Å². The Morgan fingerprint density at radius 1 is 1.25 bits per heavy atom. The van der Waals surface area contributed by atoms with Crippen LogP contribution >= 0.6 is 0 Å². The highest BCUT2D eigenvalue weighted by atomic mass is 16.5. The van der Waals surface area contributed by atoms with Gasteiger partial charge in [-0.15, -0.1) is 0 Å². The number of hydrogen-bond donors (Lipinski definition) is 0. The van der Waals surface area contributed by atoms with Crippen molar-refractivity contribution in [3.8, 4) is 5.75 Å². The number of aryl methyl sites for hydroxylation is 1. The first kappa shape index (κ1) is 16.7. The van der Waals surface area contributed by atoms with Gasteiger partial charge in [0, 0.05) is 25.7 Å². The zero-order valence-corrected chi connectivity index (χ0v) is 14.0. The van der Waals surface area contributed by atoms with Gasteiger partial charge in [-0.1, -0.05) is 22.9 Å². The molecule has 1 aromatic heterocycles. The first-order chi connectivity index (χ1) is 11.7. The van der Waals surface area contributed by atoms with Crippen LogP contribution in [0.1, 0.15) is 47.5 Å². The number of Topliss-reactive ketones (excluding diaryl/α,β-unsaturated/α-hetero) is 1. The van der Waals surface area contributed by atoms with Crippen LogP contribution in [0.25, 0.3) is 0 Å². The highest BCUT2D eigenvalue weighted by molar-refractivity contribution is 5.94. The van der Waals surface area contributed by atoms with Crippen molar-refractivity contribution in [2.45, 2.75) is 39.2 Å². The molecule has 1 aliphatic rings. The summed E-state index contributed by atoms with van der Waals surface area (Å²) in [5, 5.41) is 3.88. The lowest BCUT2D eigenvalue weighted by Crippen LogP contribution is -2.16. The third-order valence-corrected chi connectivity index (χ3v) is 4.37. The summed E-state index contributed by atoms with van der Waals surface area (Å²) in [5.41, 5.74) is 1.57. The molecular weight excluding hydrogens is 306 g/mol. The Bertz CT molecular complexity index is 656. The second kappa shape index (κ2) is 8.11. The summed E-state index contributed by atoms with van der Waals surface area (Å²) in [4.78, 5) is 12.2. The molecule has 0 radical (unpaired) electrons. The molecular formula is C19H23NO4. The van der Waals surface area contributed by atoms with Gasteiger partial charge in [-0.2, -0.15) is 0 Å². The fourth-order valence-corrected chi connectivity index (χ4v) is 2.80. The summed E-state index contributed by atoms with van der Waals surface area (Å²) in [7, 11) is 0. The van der Waals surface area contributed by atoms with Gasteiger partial charge in [0.1, 0.15) is 18.1 Å². The summed E-state index contributed by atoms with van der Waals surface area (Å²) in [6.07, 6.45) is 3.49. The van der Waals surface area contributed by atoms with Gasteiger partial charge in [0.25, 0.3) is 0 Å². The van der Waals surface area contributed by atoms with E-state index in [1.54, 1.807) is 6.07 Å². The maximum absolute atomic E-state index is 12.2. The molecule has 1 fully saturated rings. The van der Waals surface area contributed by atoms with E-state index in [2.05, 4.69) is 5.16 Å². The average Bonchev–Trinajstić information content (AvgIpc) is 3.09. The van der Waals surface area contributed by atoms with Crippen molar-refractivity contribution in [1.29, 1.82) is 0 Å². The Kier molecular flexibility index (Phi) is 5.64. The molecule has 0 N–H and O–H groups in total. The Balaban J connectivity index is 1.47. The number of benzene rings is 1. The second-order valence-electron chi connectivity index (χ2n) is 6.30. The third kappa shape index (κ3) is 4.68. The molecule has 0 atom stereocenters. The molecule has 5 nitrogen and oxygen atoms in total. The molecule has 3 rings (SSSR count). The minimum absolute atomic E-state index is 0.0341. The number of rotatable bonds is 7. The fourth-order valence-electron chi connectivity index (χ4n) is 2.80. The summed E-state index contributed by atoms with van der Waals surface area (Å²) in [6.45, 7) is 3.91. The van der Waals surface area contributed by atoms with Crippen molar-refractivity contribution < 1.29 is 18.8 Å². The SMILES string of the molecule is Cc1ccc(OCc2cc(C(=O)CCC3CCOCC3)no2)cc1. The highest BCUT2D eigenvalue weighted by Gasteiger charge is 2.18.